The zero-order chi connectivity index (χ0) is 28.2. The van der Waals surface area contributed by atoms with Gasteiger partial charge in [0.1, 0.15) is 0 Å². The van der Waals surface area contributed by atoms with Crippen LogP contribution in [0.5, 0.6) is 0 Å². The lowest BCUT2D eigenvalue weighted by Crippen LogP contribution is -2.42. The minimum absolute atomic E-state index is 0.913. The van der Waals surface area contributed by atoms with Gasteiger partial charge in [0, 0.05) is 77.0 Å². The van der Waals surface area contributed by atoms with E-state index in [9.17, 15) is 0 Å². The van der Waals surface area contributed by atoms with Crippen LogP contribution in [0.15, 0.2) is 0 Å². The molecule has 5 fully saturated rings. The number of hydrogen-bond donors (Lipinski definition) is 0. The summed E-state index contributed by atoms with van der Waals surface area (Å²) in [4.78, 5) is 14.2. The summed E-state index contributed by atoms with van der Waals surface area (Å²) >= 11 is 2.06. The smallest absolute Gasteiger partial charge is 0.0594 e. The maximum absolute atomic E-state index is 5.10. The van der Waals surface area contributed by atoms with Crippen LogP contribution in [0.3, 0.4) is 0 Å². The van der Waals surface area contributed by atoms with Crippen molar-refractivity contribution >= 4 is 11.8 Å². The predicted molar refractivity (Wildman–Crippen MR) is 170 cm³/mol. The summed E-state index contributed by atoms with van der Waals surface area (Å²) in [6.07, 6.45) is 5.70. The molecule has 228 valence electrons. The van der Waals surface area contributed by atoms with Gasteiger partial charge in [0.25, 0.3) is 0 Å². The molecule has 8 heteroatoms. The fraction of sp³-hybridized carbons (Fsp3) is 1.00. The van der Waals surface area contributed by atoms with Crippen molar-refractivity contribution in [1.29, 1.82) is 0 Å². The number of hydrogen-bond acceptors (Lipinski definition) is 8. The normalized spacial score (nSPS) is 28.7. The molecule has 0 aromatic rings. The first-order valence-electron chi connectivity index (χ1n) is 15.4. The second-order valence-corrected chi connectivity index (χ2v) is 13.7. The summed E-state index contributed by atoms with van der Waals surface area (Å²) in [6, 6.07) is 0. The Kier molecular flexibility index (Phi) is 21.6. The Bertz CT molecular complexity index is 446. The highest BCUT2D eigenvalue weighted by molar-refractivity contribution is 7.99. The lowest BCUT2D eigenvalue weighted by atomic mass is 9.92. The van der Waals surface area contributed by atoms with Gasteiger partial charge in [-0.05, 0) is 86.5 Å². The number of ether oxygens (including phenoxy) is 1. The third-order valence-corrected chi connectivity index (χ3v) is 8.77. The maximum atomic E-state index is 5.10. The van der Waals surface area contributed by atoms with Crippen LogP contribution in [-0.2, 0) is 4.74 Å². The molecule has 2 atom stereocenters. The first kappa shape index (κ1) is 36.1. The van der Waals surface area contributed by atoms with E-state index in [2.05, 4.69) is 97.3 Å². The number of morpholine rings is 1. The van der Waals surface area contributed by atoms with Gasteiger partial charge in [-0.2, -0.15) is 11.8 Å². The third-order valence-electron chi connectivity index (χ3n) is 7.83. The maximum Gasteiger partial charge on any atom is 0.0594 e. The zero-order valence-electron chi connectivity index (χ0n) is 26.8. The van der Waals surface area contributed by atoms with Crippen molar-refractivity contribution in [1.82, 2.24) is 29.4 Å². The van der Waals surface area contributed by atoms with E-state index in [0.717, 1.165) is 38.1 Å². The van der Waals surface area contributed by atoms with Gasteiger partial charge in [0.2, 0.25) is 0 Å². The number of piperazine rings is 1. The van der Waals surface area contributed by atoms with E-state index in [1.54, 1.807) is 0 Å². The van der Waals surface area contributed by atoms with Crippen LogP contribution < -0.4 is 0 Å². The van der Waals surface area contributed by atoms with Gasteiger partial charge in [-0.3, -0.25) is 0 Å². The summed E-state index contributed by atoms with van der Waals surface area (Å²) in [5, 5.41) is 0. The molecule has 0 amide bonds. The summed E-state index contributed by atoms with van der Waals surface area (Å²) in [5.41, 5.74) is 0. The first-order chi connectivity index (χ1) is 18.2. The lowest BCUT2D eigenvalue weighted by molar-refractivity contribution is 0.0503. The van der Waals surface area contributed by atoms with Crippen molar-refractivity contribution in [3.05, 3.63) is 0 Å². The molecule has 5 saturated heterocycles. The number of nitrogens with zero attached hydrogens (tertiary/aromatic N) is 6. The van der Waals surface area contributed by atoms with Gasteiger partial charge in [0.15, 0.2) is 0 Å². The predicted octanol–water partition coefficient (Wildman–Crippen LogP) is 3.17. The Morgan fingerprint density at radius 1 is 0.474 bits per heavy atom. The van der Waals surface area contributed by atoms with Crippen LogP contribution in [0.4, 0.5) is 0 Å². The van der Waals surface area contributed by atoms with E-state index >= 15 is 0 Å². The highest BCUT2D eigenvalue weighted by Crippen LogP contribution is 2.18. The molecule has 5 rings (SSSR count). The van der Waals surface area contributed by atoms with Gasteiger partial charge in [-0.25, -0.2) is 0 Å². The van der Waals surface area contributed by atoms with E-state index in [4.69, 9.17) is 4.74 Å². The number of piperidine rings is 2. The average Bonchev–Trinajstić information content (AvgIpc) is 2.88. The van der Waals surface area contributed by atoms with Gasteiger partial charge in [0.05, 0.1) is 13.2 Å². The highest BCUT2D eigenvalue weighted by atomic mass is 32.2. The molecular formula is C30H66N6OS. The van der Waals surface area contributed by atoms with Gasteiger partial charge >= 0.3 is 0 Å². The Morgan fingerprint density at radius 2 is 0.868 bits per heavy atom. The molecule has 5 heterocycles. The van der Waals surface area contributed by atoms with Crippen molar-refractivity contribution in [3.63, 3.8) is 0 Å². The molecule has 0 saturated carbocycles. The minimum Gasteiger partial charge on any atom is -0.379 e. The topological polar surface area (TPSA) is 28.7 Å². The Hall–Kier alpha value is 0.0700. The molecule has 0 bridgehead atoms. The van der Waals surface area contributed by atoms with Crippen LogP contribution in [0.1, 0.15) is 39.5 Å². The van der Waals surface area contributed by atoms with Crippen molar-refractivity contribution in [2.75, 3.05) is 146 Å². The zero-order valence-corrected chi connectivity index (χ0v) is 27.6. The van der Waals surface area contributed by atoms with Crippen LogP contribution in [0.2, 0.25) is 0 Å². The summed E-state index contributed by atoms with van der Waals surface area (Å²) in [5.74, 6) is 4.49. The Morgan fingerprint density at radius 3 is 1.16 bits per heavy atom. The number of likely N-dealkylation sites (tertiary alicyclic amines) is 2. The van der Waals surface area contributed by atoms with E-state index in [1.807, 2.05) is 0 Å². The Labute approximate surface area is 242 Å². The summed E-state index contributed by atoms with van der Waals surface area (Å²) in [7, 11) is 13.0. The van der Waals surface area contributed by atoms with E-state index in [-0.39, 0.29) is 0 Å². The standard InChI is InChI=1S/C8H17N.C6H14N2.C6H13N.C5H11NO.C5H11NS/c1-7-4-8(2)6-9(3)5-7;1-7-3-5-8(2)6-4-7;1-7-5-3-2-4-6-7;2*1-6-2-4-7-5-3-6/h7-8H,4-6H2,1-3H3;3-6H2,1-2H3;2-6H2,1H3;2*2-5H2,1H3. The molecule has 0 radical (unpaired) electrons. The summed E-state index contributed by atoms with van der Waals surface area (Å²) in [6.45, 7) is 21.4. The molecular weight excluding hydrogens is 492 g/mol. The second kappa shape index (κ2) is 22.7. The number of rotatable bonds is 0. The van der Waals surface area contributed by atoms with Crippen molar-refractivity contribution < 1.29 is 4.74 Å². The number of thioether (sulfide) groups is 1. The second-order valence-electron chi connectivity index (χ2n) is 12.5. The molecule has 7 nitrogen and oxygen atoms in total. The van der Waals surface area contributed by atoms with Gasteiger partial charge in [-0.1, -0.05) is 20.3 Å². The van der Waals surface area contributed by atoms with E-state index in [1.165, 1.54) is 103 Å². The van der Waals surface area contributed by atoms with Gasteiger partial charge < -0.3 is 34.1 Å². The fourth-order valence-corrected chi connectivity index (χ4v) is 6.33. The molecule has 5 aliphatic heterocycles. The van der Waals surface area contributed by atoms with Crippen molar-refractivity contribution in [2.24, 2.45) is 11.8 Å². The molecule has 0 aliphatic carbocycles. The average molecular weight is 559 g/mol. The monoisotopic (exact) mass is 559 g/mol. The van der Waals surface area contributed by atoms with Crippen LogP contribution in [-0.4, -0.2) is 175 Å². The molecule has 0 N–H and O–H groups in total. The Balaban J connectivity index is 0.000000238. The fourth-order valence-electron chi connectivity index (χ4n) is 5.24. The van der Waals surface area contributed by atoms with E-state index < -0.39 is 0 Å². The van der Waals surface area contributed by atoms with Crippen LogP contribution >= 0.6 is 11.8 Å². The molecule has 0 spiro atoms. The van der Waals surface area contributed by atoms with Crippen LogP contribution in [0.25, 0.3) is 0 Å². The van der Waals surface area contributed by atoms with Crippen molar-refractivity contribution in [3.8, 4) is 0 Å². The quantitative estimate of drug-likeness (QED) is 0.448. The molecule has 5 aliphatic rings. The largest absolute Gasteiger partial charge is 0.379 e. The van der Waals surface area contributed by atoms with Crippen LogP contribution in [0, 0.1) is 11.8 Å². The van der Waals surface area contributed by atoms with E-state index in [0.29, 0.717) is 0 Å². The lowest BCUT2D eigenvalue weighted by Gasteiger charge is -2.31. The summed E-state index contributed by atoms with van der Waals surface area (Å²) < 4.78 is 5.10. The van der Waals surface area contributed by atoms with Crippen molar-refractivity contribution in [2.45, 2.75) is 39.5 Å². The van der Waals surface area contributed by atoms with Gasteiger partial charge in [-0.15, -0.1) is 0 Å². The highest BCUT2D eigenvalue weighted by Gasteiger charge is 2.18. The molecule has 2 unspecified atom stereocenters. The SMILES string of the molecule is CC1CC(C)CN(C)C1.CN1CCCCC1.CN1CCN(C)CC1.CN1CCOCC1.CN1CCSCC1. The molecule has 38 heavy (non-hydrogen) atoms. The molecule has 0 aromatic heterocycles. The minimum atomic E-state index is 0.913. The first-order valence-corrected chi connectivity index (χ1v) is 16.6. The molecule has 0 aromatic carbocycles. The third kappa shape index (κ3) is 20.9. The number of likely N-dealkylation sites (N-methyl/N-ethyl adjacent to an activating group) is 3.